The molecule has 1 saturated carbocycles. The maximum absolute atomic E-state index is 14.0. The van der Waals surface area contributed by atoms with Gasteiger partial charge in [0.2, 0.25) is 17.6 Å². The van der Waals surface area contributed by atoms with Crippen LogP contribution >= 0.6 is 0 Å². The molecule has 3 rings (SSSR count). The van der Waals surface area contributed by atoms with E-state index < -0.39 is 77.7 Å². The van der Waals surface area contributed by atoms with Crippen molar-refractivity contribution in [2.45, 2.75) is 118 Å². The average Bonchev–Trinajstić information content (AvgIpc) is 3.93. The minimum atomic E-state index is -3.89. The number of halogens is 3. The normalized spacial score (nSPS) is 18.9. The summed E-state index contributed by atoms with van der Waals surface area (Å²) in [7, 11) is 0. The molecule has 0 spiro atoms. The van der Waals surface area contributed by atoms with Crippen LogP contribution in [0, 0.1) is 23.2 Å². The molecule has 1 aliphatic heterocycles. The van der Waals surface area contributed by atoms with Crippen molar-refractivity contribution in [2.75, 3.05) is 19.6 Å². The van der Waals surface area contributed by atoms with Crippen LogP contribution in [0.2, 0.25) is 0 Å². The number of hydrogen-bond donors (Lipinski definition) is 4. The minimum Gasteiger partial charge on any atom is -0.460 e. The number of ketones is 1. The van der Waals surface area contributed by atoms with Crippen LogP contribution in [0.3, 0.4) is 0 Å². The number of Topliss-reactive ketones (excluding diaryl/α,β-unsaturated/α-hetero) is 1. The summed E-state index contributed by atoms with van der Waals surface area (Å²) in [5.74, 6) is -4.53. The van der Waals surface area contributed by atoms with E-state index in [9.17, 15) is 41.9 Å². The Morgan fingerprint density at radius 1 is 0.963 bits per heavy atom. The Bertz CT molecular complexity index is 1400. The number of ether oxygens (including phenoxy) is 1. The van der Waals surface area contributed by atoms with E-state index in [4.69, 9.17) is 4.74 Å². The lowest BCUT2D eigenvalue weighted by Gasteiger charge is -2.36. The maximum atomic E-state index is 14.0. The average molecular weight is 768 g/mol. The zero-order valence-corrected chi connectivity index (χ0v) is 32.9. The summed E-state index contributed by atoms with van der Waals surface area (Å²) in [5, 5.41) is 10.3. The smallest absolute Gasteiger partial charge is 0.391 e. The van der Waals surface area contributed by atoms with Crippen molar-refractivity contribution in [1.82, 2.24) is 26.2 Å². The standard InChI is InChI=1S/C32H47N5O7.C4H5F3.C3H8/c1-8-13-23(26(39)29(41)33-16-9-2)35-28(40)25-21(4)20(3)18-37(25)30(42)27(32(5,6)7)36-31(43)34-17-24(38)44-19-22-14-11-10-12-15-22;5-4(6,7)3-1-2-3;1-3-2/h9-12,14-15,20-21,23,25,27H,2,8,13,16-19H2,1,3-7H3,(H,33,41)(H,35,40)(H2,34,36,43);3H,1-2H2;3H2,1-2H3/t20-,21?,23?,25-,27?;;/m0../s1. The highest BCUT2D eigenvalue weighted by atomic mass is 19.4. The number of nitrogens with zero attached hydrogens (tertiary/aromatic N) is 1. The van der Waals surface area contributed by atoms with Gasteiger partial charge in [0.05, 0.1) is 12.0 Å². The van der Waals surface area contributed by atoms with Gasteiger partial charge >= 0.3 is 18.2 Å². The highest BCUT2D eigenvalue weighted by Crippen LogP contribution is 2.43. The van der Waals surface area contributed by atoms with Crippen molar-refractivity contribution in [1.29, 1.82) is 0 Å². The Kier molecular flexibility index (Phi) is 20.0. The van der Waals surface area contributed by atoms with Crippen LogP contribution in [0.5, 0.6) is 0 Å². The first-order valence-electron chi connectivity index (χ1n) is 18.6. The highest BCUT2D eigenvalue weighted by Gasteiger charge is 2.48. The van der Waals surface area contributed by atoms with Gasteiger partial charge in [-0.1, -0.05) is 105 Å². The second kappa shape index (κ2) is 22.7. The lowest BCUT2D eigenvalue weighted by Crippen LogP contribution is -2.60. The summed E-state index contributed by atoms with van der Waals surface area (Å²) in [4.78, 5) is 79.1. The first-order valence-corrected chi connectivity index (χ1v) is 18.6. The van der Waals surface area contributed by atoms with Crippen LogP contribution in [-0.2, 0) is 35.3 Å². The molecule has 12 nitrogen and oxygen atoms in total. The topological polar surface area (TPSA) is 163 Å². The fourth-order valence-electron chi connectivity index (χ4n) is 5.37. The van der Waals surface area contributed by atoms with E-state index in [1.165, 1.54) is 17.4 Å². The Hall–Kier alpha value is -4.43. The van der Waals surface area contributed by atoms with Crippen molar-refractivity contribution >= 4 is 35.5 Å². The monoisotopic (exact) mass is 767 g/mol. The van der Waals surface area contributed by atoms with Crippen molar-refractivity contribution < 1.29 is 46.7 Å². The number of likely N-dealkylation sites (tertiary alicyclic amines) is 1. The first-order chi connectivity index (χ1) is 25.2. The third kappa shape index (κ3) is 16.3. The SMILES string of the molecule is C=CCNC(=O)C(=O)C(CCC)NC(=O)[C@@H]1C(C)[C@@H](C)CN1C(=O)C(NC(=O)NCC(=O)OCc1ccccc1)C(C)(C)C.CCC.FC(F)(F)C1CC1. The number of nitrogens with one attached hydrogen (secondary N) is 4. The summed E-state index contributed by atoms with van der Waals surface area (Å²) < 4.78 is 38.9. The molecule has 0 aromatic heterocycles. The predicted octanol–water partition coefficient (Wildman–Crippen LogP) is 5.46. The lowest BCUT2D eigenvalue weighted by atomic mass is 9.85. The van der Waals surface area contributed by atoms with Gasteiger partial charge in [0.1, 0.15) is 25.2 Å². The highest BCUT2D eigenvalue weighted by molar-refractivity contribution is 6.38. The molecule has 0 bridgehead atoms. The van der Waals surface area contributed by atoms with Crippen LogP contribution in [0.15, 0.2) is 43.0 Å². The molecule has 1 saturated heterocycles. The van der Waals surface area contributed by atoms with Gasteiger partial charge in [-0.15, -0.1) is 6.58 Å². The summed E-state index contributed by atoms with van der Waals surface area (Å²) in [6.45, 7) is 18.7. The number of urea groups is 1. The van der Waals surface area contributed by atoms with E-state index in [2.05, 4.69) is 41.7 Å². The second-order valence-electron chi connectivity index (χ2n) is 14.8. The van der Waals surface area contributed by atoms with E-state index in [0.717, 1.165) is 5.56 Å². The van der Waals surface area contributed by atoms with Gasteiger partial charge in [0.15, 0.2) is 0 Å². The van der Waals surface area contributed by atoms with Crippen LogP contribution in [0.1, 0.15) is 93.1 Å². The molecular formula is C39H60F3N5O7. The minimum absolute atomic E-state index is 0.0558. The molecule has 1 aromatic carbocycles. The number of benzene rings is 1. The molecule has 304 valence electrons. The molecule has 15 heteroatoms. The fourth-order valence-corrected chi connectivity index (χ4v) is 5.37. The van der Waals surface area contributed by atoms with Gasteiger partial charge in [-0.2, -0.15) is 13.2 Å². The number of carbonyl (C=O) groups excluding carboxylic acids is 6. The molecule has 5 amide bonds. The Balaban J connectivity index is 0.00000127. The van der Waals surface area contributed by atoms with Crippen molar-refractivity contribution in [3.8, 4) is 0 Å². The molecule has 1 aromatic rings. The third-order valence-electron chi connectivity index (χ3n) is 8.67. The Morgan fingerprint density at radius 2 is 1.56 bits per heavy atom. The summed E-state index contributed by atoms with van der Waals surface area (Å²) in [6.07, 6.45) is 0.292. The number of hydrogen-bond acceptors (Lipinski definition) is 7. The molecule has 5 atom stereocenters. The van der Waals surface area contributed by atoms with E-state index in [0.29, 0.717) is 19.3 Å². The molecule has 4 N–H and O–H groups in total. The predicted molar refractivity (Wildman–Crippen MR) is 200 cm³/mol. The molecule has 54 heavy (non-hydrogen) atoms. The van der Waals surface area contributed by atoms with Gasteiger partial charge in [-0.25, -0.2) is 4.79 Å². The van der Waals surface area contributed by atoms with Gasteiger partial charge < -0.3 is 30.9 Å². The number of amides is 5. The molecule has 1 heterocycles. The van der Waals surface area contributed by atoms with Gasteiger partial charge in [0.25, 0.3) is 5.91 Å². The number of alkyl halides is 3. The second-order valence-corrected chi connectivity index (χ2v) is 14.8. The van der Waals surface area contributed by atoms with Gasteiger partial charge in [0, 0.05) is 13.1 Å². The van der Waals surface area contributed by atoms with Crippen LogP contribution in [0.25, 0.3) is 0 Å². The number of rotatable bonds is 14. The Labute approximate surface area is 317 Å². The van der Waals surface area contributed by atoms with Crippen LogP contribution in [0.4, 0.5) is 18.0 Å². The van der Waals surface area contributed by atoms with Crippen molar-refractivity contribution in [2.24, 2.45) is 23.2 Å². The summed E-state index contributed by atoms with van der Waals surface area (Å²) in [6, 6.07) is 5.34. The van der Waals surface area contributed by atoms with E-state index in [-0.39, 0.29) is 38.0 Å². The number of carbonyl (C=O) groups is 6. The van der Waals surface area contributed by atoms with Gasteiger partial charge in [-0.05, 0) is 42.1 Å². The lowest BCUT2D eigenvalue weighted by molar-refractivity contribution is -0.147. The quantitative estimate of drug-likeness (QED) is 0.111. The largest absolute Gasteiger partial charge is 0.460 e. The Morgan fingerprint density at radius 3 is 2.04 bits per heavy atom. The molecule has 3 unspecified atom stereocenters. The maximum Gasteiger partial charge on any atom is 0.391 e. The molecule has 1 aliphatic carbocycles. The summed E-state index contributed by atoms with van der Waals surface area (Å²) in [5.41, 5.74) is 0.0418. The summed E-state index contributed by atoms with van der Waals surface area (Å²) >= 11 is 0. The van der Waals surface area contributed by atoms with Crippen molar-refractivity contribution in [3.63, 3.8) is 0 Å². The van der Waals surface area contributed by atoms with Gasteiger partial charge in [-0.3, -0.25) is 24.0 Å². The van der Waals surface area contributed by atoms with Crippen LogP contribution in [-0.4, -0.2) is 84.3 Å². The zero-order chi connectivity index (χ0) is 41.2. The van der Waals surface area contributed by atoms with E-state index in [1.807, 2.05) is 51.1 Å². The van der Waals surface area contributed by atoms with Crippen LogP contribution < -0.4 is 21.3 Å². The zero-order valence-electron chi connectivity index (χ0n) is 32.9. The fraction of sp³-hybridized carbons (Fsp3) is 0.641. The third-order valence-corrected chi connectivity index (χ3v) is 8.67. The van der Waals surface area contributed by atoms with Crippen molar-refractivity contribution in [3.05, 3.63) is 48.6 Å². The first kappa shape index (κ1) is 47.6. The van der Waals surface area contributed by atoms with E-state index >= 15 is 0 Å². The molecular weight excluding hydrogens is 707 g/mol. The molecule has 2 aliphatic rings. The van der Waals surface area contributed by atoms with E-state index in [1.54, 1.807) is 20.8 Å². The molecule has 0 radical (unpaired) electrons. The number of esters is 1. The molecule has 2 fully saturated rings.